The van der Waals surface area contributed by atoms with E-state index in [1.807, 2.05) is 24.0 Å². The first-order valence-corrected chi connectivity index (χ1v) is 9.84. The van der Waals surface area contributed by atoms with Crippen LogP contribution in [-0.2, 0) is 4.79 Å². The summed E-state index contributed by atoms with van der Waals surface area (Å²) in [7, 11) is 0. The van der Waals surface area contributed by atoms with E-state index in [1.54, 1.807) is 12.1 Å². The molecule has 5 heteroatoms. The molecule has 0 N–H and O–H groups in total. The first-order valence-electron chi connectivity index (χ1n) is 9.84. The molecule has 0 saturated carbocycles. The summed E-state index contributed by atoms with van der Waals surface area (Å²) >= 11 is 0. The molecule has 1 fully saturated rings. The Balaban J connectivity index is 1.32. The predicted octanol–water partition coefficient (Wildman–Crippen LogP) is 3.39. The van der Waals surface area contributed by atoms with Crippen LogP contribution in [0.5, 0.6) is 0 Å². The van der Waals surface area contributed by atoms with Crippen LogP contribution >= 0.6 is 0 Å². The zero-order chi connectivity index (χ0) is 19.7. The number of hydrogen-bond donors (Lipinski definition) is 0. The Morgan fingerprint density at radius 2 is 1.64 bits per heavy atom. The maximum absolute atomic E-state index is 12.6. The Labute approximate surface area is 164 Å². The summed E-state index contributed by atoms with van der Waals surface area (Å²) in [6.45, 7) is 3.48. The zero-order valence-corrected chi connectivity index (χ0v) is 16.1. The van der Waals surface area contributed by atoms with Gasteiger partial charge < -0.3 is 4.90 Å². The van der Waals surface area contributed by atoms with Gasteiger partial charge in [0.05, 0.1) is 11.1 Å². The van der Waals surface area contributed by atoms with Crippen LogP contribution in [0.2, 0.25) is 0 Å². The van der Waals surface area contributed by atoms with Gasteiger partial charge in [-0.2, -0.15) is 0 Å². The van der Waals surface area contributed by atoms with E-state index in [2.05, 4.69) is 24.3 Å². The summed E-state index contributed by atoms with van der Waals surface area (Å²) in [5.74, 6) is -0.0844. The normalized spacial score (nSPS) is 17.2. The van der Waals surface area contributed by atoms with Crippen LogP contribution in [0.3, 0.4) is 0 Å². The number of carbonyl (C=O) groups excluding carboxylic acids is 3. The average molecular weight is 376 g/mol. The molecule has 0 aliphatic carbocycles. The number of likely N-dealkylation sites (tertiary alicyclic amines) is 1. The Morgan fingerprint density at radius 1 is 0.964 bits per heavy atom. The third kappa shape index (κ3) is 3.44. The number of benzene rings is 2. The van der Waals surface area contributed by atoms with Crippen LogP contribution in [-0.4, -0.2) is 47.2 Å². The van der Waals surface area contributed by atoms with Crippen molar-refractivity contribution >= 4 is 17.7 Å². The molecular formula is C23H24N2O3. The topological polar surface area (TPSA) is 57.7 Å². The number of amides is 3. The molecule has 0 spiro atoms. The van der Waals surface area contributed by atoms with Crippen molar-refractivity contribution in [2.24, 2.45) is 0 Å². The molecule has 5 nitrogen and oxygen atoms in total. The van der Waals surface area contributed by atoms with Gasteiger partial charge in [0.25, 0.3) is 11.8 Å². The van der Waals surface area contributed by atoms with Crippen molar-refractivity contribution in [1.82, 2.24) is 9.80 Å². The molecule has 28 heavy (non-hydrogen) atoms. The SMILES string of the molecule is Cc1ccc2c(c1)C(=O)N(CCC(=O)N1CCC(c3ccccc3)CC1)C2=O. The fourth-order valence-corrected chi connectivity index (χ4v) is 4.16. The molecule has 3 amide bonds. The van der Waals surface area contributed by atoms with E-state index >= 15 is 0 Å². The summed E-state index contributed by atoms with van der Waals surface area (Å²) in [6, 6.07) is 15.7. The second-order valence-electron chi connectivity index (χ2n) is 7.63. The van der Waals surface area contributed by atoms with E-state index in [1.165, 1.54) is 10.5 Å². The monoisotopic (exact) mass is 376 g/mol. The molecule has 2 aliphatic rings. The van der Waals surface area contributed by atoms with E-state index < -0.39 is 0 Å². The van der Waals surface area contributed by atoms with E-state index in [0.29, 0.717) is 17.0 Å². The lowest BCUT2D eigenvalue weighted by Gasteiger charge is -2.32. The van der Waals surface area contributed by atoms with Crippen molar-refractivity contribution in [3.05, 3.63) is 70.8 Å². The standard InChI is InChI=1S/C23H24N2O3/c1-16-7-8-19-20(15-16)23(28)25(22(19)27)14-11-21(26)24-12-9-18(10-13-24)17-5-3-2-4-6-17/h2-8,15,18H,9-14H2,1H3. The summed E-state index contributed by atoms with van der Waals surface area (Å²) in [5, 5.41) is 0. The van der Waals surface area contributed by atoms with Crippen LogP contribution in [0.25, 0.3) is 0 Å². The van der Waals surface area contributed by atoms with Crippen LogP contribution in [0, 0.1) is 6.92 Å². The lowest BCUT2D eigenvalue weighted by Crippen LogP contribution is -2.40. The Bertz CT molecular complexity index is 915. The zero-order valence-electron chi connectivity index (χ0n) is 16.1. The maximum Gasteiger partial charge on any atom is 0.261 e. The summed E-state index contributed by atoms with van der Waals surface area (Å²) < 4.78 is 0. The summed E-state index contributed by atoms with van der Waals surface area (Å²) in [6.07, 6.45) is 2.07. The van der Waals surface area contributed by atoms with Crippen LogP contribution in [0.15, 0.2) is 48.5 Å². The molecule has 0 atom stereocenters. The van der Waals surface area contributed by atoms with Gasteiger partial charge in [0.1, 0.15) is 0 Å². The van der Waals surface area contributed by atoms with Crippen molar-refractivity contribution < 1.29 is 14.4 Å². The lowest BCUT2D eigenvalue weighted by molar-refractivity contribution is -0.132. The van der Waals surface area contributed by atoms with Crippen LogP contribution in [0.4, 0.5) is 0 Å². The van der Waals surface area contributed by atoms with Gasteiger partial charge in [-0.15, -0.1) is 0 Å². The van der Waals surface area contributed by atoms with Crippen molar-refractivity contribution in [3.8, 4) is 0 Å². The van der Waals surface area contributed by atoms with Gasteiger partial charge >= 0.3 is 0 Å². The summed E-state index contributed by atoms with van der Waals surface area (Å²) in [5.41, 5.74) is 3.16. The van der Waals surface area contributed by atoms with E-state index in [4.69, 9.17) is 0 Å². The molecule has 4 rings (SSSR count). The molecule has 0 unspecified atom stereocenters. The Hall–Kier alpha value is -2.95. The minimum absolute atomic E-state index is 0.0132. The predicted molar refractivity (Wildman–Crippen MR) is 106 cm³/mol. The van der Waals surface area contributed by atoms with E-state index in [9.17, 15) is 14.4 Å². The quantitative estimate of drug-likeness (QED) is 0.769. The van der Waals surface area contributed by atoms with E-state index in [-0.39, 0.29) is 30.7 Å². The lowest BCUT2D eigenvalue weighted by atomic mass is 9.89. The van der Waals surface area contributed by atoms with Gasteiger partial charge in [-0.1, -0.05) is 42.0 Å². The minimum atomic E-state index is -0.296. The fraction of sp³-hybridized carbons (Fsp3) is 0.348. The van der Waals surface area contributed by atoms with Gasteiger partial charge in [0.2, 0.25) is 5.91 Å². The Morgan fingerprint density at radius 3 is 2.36 bits per heavy atom. The highest BCUT2D eigenvalue weighted by Gasteiger charge is 2.35. The molecule has 1 saturated heterocycles. The third-order valence-corrected chi connectivity index (χ3v) is 5.79. The van der Waals surface area contributed by atoms with Crippen molar-refractivity contribution in [2.45, 2.75) is 32.1 Å². The second-order valence-corrected chi connectivity index (χ2v) is 7.63. The maximum atomic E-state index is 12.6. The van der Waals surface area contributed by atoms with Crippen LogP contribution < -0.4 is 0 Å². The second kappa shape index (κ2) is 7.58. The number of carbonyl (C=O) groups is 3. The molecule has 0 aromatic heterocycles. The largest absolute Gasteiger partial charge is 0.343 e. The number of imide groups is 1. The number of hydrogen-bond acceptors (Lipinski definition) is 3. The number of nitrogens with zero attached hydrogens (tertiary/aromatic N) is 2. The first-order chi connectivity index (χ1) is 13.5. The van der Waals surface area contributed by atoms with Gasteiger partial charge in [-0.3, -0.25) is 19.3 Å². The molecule has 2 aromatic carbocycles. The van der Waals surface area contributed by atoms with Gasteiger partial charge in [-0.05, 0) is 43.4 Å². The number of fused-ring (bicyclic) bond motifs is 1. The molecule has 0 bridgehead atoms. The molecule has 144 valence electrons. The molecule has 2 heterocycles. The average Bonchev–Trinajstić information content (AvgIpc) is 2.96. The number of rotatable bonds is 4. The van der Waals surface area contributed by atoms with Gasteiger partial charge in [-0.25, -0.2) is 0 Å². The Kier molecular flexibility index (Phi) is 4.99. The van der Waals surface area contributed by atoms with Crippen LogP contribution in [0.1, 0.15) is 57.0 Å². The molecular weight excluding hydrogens is 352 g/mol. The van der Waals surface area contributed by atoms with Crippen molar-refractivity contribution in [1.29, 1.82) is 0 Å². The minimum Gasteiger partial charge on any atom is -0.343 e. The molecule has 2 aromatic rings. The van der Waals surface area contributed by atoms with Crippen molar-refractivity contribution in [3.63, 3.8) is 0 Å². The van der Waals surface area contributed by atoms with E-state index in [0.717, 1.165) is 31.5 Å². The van der Waals surface area contributed by atoms with Gasteiger partial charge in [0.15, 0.2) is 0 Å². The van der Waals surface area contributed by atoms with Gasteiger partial charge in [0, 0.05) is 26.1 Å². The summed E-state index contributed by atoms with van der Waals surface area (Å²) in [4.78, 5) is 40.7. The first kappa shape index (κ1) is 18.4. The fourth-order valence-electron chi connectivity index (χ4n) is 4.16. The number of piperidine rings is 1. The highest BCUT2D eigenvalue weighted by atomic mass is 16.2. The highest BCUT2D eigenvalue weighted by molar-refractivity contribution is 6.21. The van der Waals surface area contributed by atoms with Crippen molar-refractivity contribution in [2.75, 3.05) is 19.6 Å². The highest BCUT2D eigenvalue weighted by Crippen LogP contribution is 2.28. The number of aryl methyl sites for hydroxylation is 1. The molecule has 0 radical (unpaired) electrons. The third-order valence-electron chi connectivity index (χ3n) is 5.79. The smallest absolute Gasteiger partial charge is 0.261 e. The molecule has 2 aliphatic heterocycles.